The lowest BCUT2D eigenvalue weighted by atomic mass is 10.0. The van der Waals surface area contributed by atoms with E-state index in [0.29, 0.717) is 6.04 Å². The van der Waals surface area contributed by atoms with Gasteiger partial charge in [0.05, 0.1) is 0 Å². The third-order valence-corrected chi connectivity index (χ3v) is 3.05. The van der Waals surface area contributed by atoms with E-state index in [4.69, 9.17) is 5.73 Å². The molecule has 2 atom stereocenters. The van der Waals surface area contributed by atoms with Gasteiger partial charge in [0, 0.05) is 6.04 Å². The molecule has 60 valence electrons. The molecule has 10 heavy (non-hydrogen) atoms. The second-order valence-electron chi connectivity index (χ2n) is 3.14. The summed E-state index contributed by atoms with van der Waals surface area (Å²) < 4.78 is 0. The number of rotatable bonds is 3. The Morgan fingerprint density at radius 3 is 2.80 bits per heavy atom. The van der Waals surface area contributed by atoms with E-state index in [9.17, 15) is 0 Å². The summed E-state index contributed by atoms with van der Waals surface area (Å²) in [6, 6.07) is 0.521. The van der Waals surface area contributed by atoms with Gasteiger partial charge in [-0.3, -0.25) is 0 Å². The molecule has 2 heteroatoms. The summed E-state index contributed by atoms with van der Waals surface area (Å²) in [5.74, 6) is 2.13. The lowest BCUT2D eigenvalue weighted by Gasteiger charge is -2.13. The molecule has 2 unspecified atom stereocenters. The molecule has 0 spiro atoms. The summed E-state index contributed by atoms with van der Waals surface area (Å²) in [4.78, 5) is 0. The van der Waals surface area contributed by atoms with E-state index >= 15 is 0 Å². The number of nitrogens with two attached hydrogens (primary N) is 1. The van der Waals surface area contributed by atoms with E-state index in [1.54, 1.807) is 0 Å². The molecule has 1 aliphatic carbocycles. The van der Waals surface area contributed by atoms with Crippen molar-refractivity contribution >= 4 is 11.8 Å². The fourth-order valence-corrected chi connectivity index (χ4v) is 2.23. The van der Waals surface area contributed by atoms with Gasteiger partial charge in [-0.25, -0.2) is 0 Å². The maximum atomic E-state index is 5.91. The first-order valence-electron chi connectivity index (χ1n) is 4.09. The van der Waals surface area contributed by atoms with E-state index in [-0.39, 0.29) is 0 Å². The molecular formula is C8H17NS. The molecule has 0 radical (unpaired) electrons. The van der Waals surface area contributed by atoms with E-state index in [0.717, 1.165) is 5.92 Å². The van der Waals surface area contributed by atoms with Gasteiger partial charge in [0.25, 0.3) is 0 Å². The van der Waals surface area contributed by atoms with Crippen molar-refractivity contribution in [3.05, 3.63) is 0 Å². The molecule has 1 fully saturated rings. The van der Waals surface area contributed by atoms with Crippen molar-refractivity contribution in [1.82, 2.24) is 0 Å². The van der Waals surface area contributed by atoms with Crippen molar-refractivity contribution in [3.63, 3.8) is 0 Å². The van der Waals surface area contributed by atoms with E-state index < -0.39 is 0 Å². The van der Waals surface area contributed by atoms with Crippen molar-refractivity contribution in [2.45, 2.75) is 31.7 Å². The summed E-state index contributed by atoms with van der Waals surface area (Å²) in [5.41, 5.74) is 5.91. The number of hydrogen-bond donors (Lipinski definition) is 1. The van der Waals surface area contributed by atoms with Gasteiger partial charge in [0.1, 0.15) is 0 Å². The first-order valence-corrected chi connectivity index (χ1v) is 5.48. The zero-order valence-corrected chi connectivity index (χ0v) is 7.49. The van der Waals surface area contributed by atoms with Crippen LogP contribution in [0.25, 0.3) is 0 Å². The second-order valence-corrected chi connectivity index (χ2v) is 4.12. The fraction of sp³-hybridized carbons (Fsp3) is 1.00. The van der Waals surface area contributed by atoms with Crippen LogP contribution in [0, 0.1) is 5.92 Å². The van der Waals surface area contributed by atoms with E-state index in [2.05, 4.69) is 6.26 Å². The summed E-state index contributed by atoms with van der Waals surface area (Å²) in [6.07, 6.45) is 7.50. The highest BCUT2D eigenvalue weighted by Crippen LogP contribution is 2.27. The Kier molecular flexibility index (Phi) is 3.57. The minimum Gasteiger partial charge on any atom is -0.327 e. The molecule has 0 amide bonds. The third-order valence-electron chi connectivity index (χ3n) is 2.41. The Labute approximate surface area is 67.8 Å². The molecule has 0 bridgehead atoms. The van der Waals surface area contributed by atoms with E-state index in [1.165, 1.54) is 31.4 Å². The number of thioether (sulfide) groups is 1. The standard InChI is InChI=1S/C8H17NS/c1-10-6-5-7-3-2-4-8(7)9/h7-8H,2-6,9H2,1H3. The van der Waals surface area contributed by atoms with Crippen LogP contribution in [0.15, 0.2) is 0 Å². The highest BCUT2D eigenvalue weighted by molar-refractivity contribution is 7.98. The SMILES string of the molecule is CSCCC1CCCC1N. The Morgan fingerprint density at radius 1 is 1.50 bits per heavy atom. The zero-order chi connectivity index (χ0) is 7.40. The molecule has 0 aromatic heterocycles. The van der Waals surface area contributed by atoms with Gasteiger partial charge in [-0.15, -0.1) is 0 Å². The van der Waals surface area contributed by atoms with Crippen LogP contribution in [0.3, 0.4) is 0 Å². The van der Waals surface area contributed by atoms with Crippen LogP contribution in [0.2, 0.25) is 0 Å². The van der Waals surface area contributed by atoms with Crippen LogP contribution >= 0.6 is 11.8 Å². The lowest BCUT2D eigenvalue weighted by molar-refractivity contribution is 0.470. The normalized spacial score (nSPS) is 33.0. The largest absolute Gasteiger partial charge is 0.327 e. The van der Waals surface area contributed by atoms with Gasteiger partial charge in [-0.1, -0.05) is 6.42 Å². The first-order chi connectivity index (χ1) is 4.84. The van der Waals surface area contributed by atoms with Gasteiger partial charge in [-0.05, 0) is 37.2 Å². The molecule has 1 rings (SSSR count). The second kappa shape index (κ2) is 4.24. The lowest BCUT2D eigenvalue weighted by Crippen LogP contribution is -2.24. The Bertz CT molecular complexity index is 95.3. The highest BCUT2D eigenvalue weighted by atomic mass is 32.2. The molecule has 0 aromatic carbocycles. The van der Waals surface area contributed by atoms with Crippen LogP contribution < -0.4 is 5.73 Å². The van der Waals surface area contributed by atoms with Gasteiger partial charge in [0.15, 0.2) is 0 Å². The third kappa shape index (κ3) is 2.17. The number of hydrogen-bond acceptors (Lipinski definition) is 2. The van der Waals surface area contributed by atoms with Crippen LogP contribution in [0.1, 0.15) is 25.7 Å². The predicted octanol–water partition coefficient (Wildman–Crippen LogP) is 1.87. The minimum atomic E-state index is 0.521. The van der Waals surface area contributed by atoms with Crippen molar-refractivity contribution in [1.29, 1.82) is 0 Å². The molecule has 0 aromatic rings. The first kappa shape index (κ1) is 8.41. The average Bonchev–Trinajstić information content (AvgIpc) is 2.31. The summed E-state index contributed by atoms with van der Waals surface area (Å²) in [5, 5.41) is 0. The summed E-state index contributed by atoms with van der Waals surface area (Å²) >= 11 is 1.93. The van der Waals surface area contributed by atoms with Crippen LogP contribution in [-0.2, 0) is 0 Å². The quantitative estimate of drug-likeness (QED) is 0.680. The molecule has 0 heterocycles. The predicted molar refractivity (Wildman–Crippen MR) is 48.3 cm³/mol. The Morgan fingerprint density at radius 2 is 2.30 bits per heavy atom. The summed E-state index contributed by atoms with van der Waals surface area (Å²) in [6.45, 7) is 0. The maximum absolute atomic E-state index is 5.91. The molecular weight excluding hydrogens is 142 g/mol. The van der Waals surface area contributed by atoms with Gasteiger partial charge in [-0.2, -0.15) is 11.8 Å². The smallest absolute Gasteiger partial charge is 0.00674 e. The van der Waals surface area contributed by atoms with Crippen molar-refractivity contribution < 1.29 is 0 Å². The van der Waals surface area contributed by atoms with Crippen LogP contribution in [0.4, 0.5) is 0 Å². The van der Waals surface area contributed by atoms with Crippen LogP contribution in [-0.4, -0.2) is 18.1 Å². The van der Waals surface area contributed by atoms with Crippen molar-refractivity contribution in [2.24, 2.45) is 11.7 Å². The molecule has 0 saturated heterocycles. The Hall–Kier alpha value is 0.310. The molecule has 1 saturated carbocycles. The minimum absolute atomic E-state index is 0.521. The van der Waals surface area contributed by atoms with Crippen LogP contribution in [0.5, 0.6) is 0 Å². The van der Waals surface area contributed by atoms with Crippen molar-refractivity contribution in [2.75, 3.05) is 12.0 Å². The van der Waals surface area contributed by atoms with Crippen molar-refractivity contribution in [3.8, 4) is 0 Å². The topological polar surface area (TPSA) is 26.0 Å². The zero-order valence-electron chi connectivity index (χ0n) is 6.68. The Balaban J connectivity index is 2.14. The highest BCUT2D eigenvalue weighted by Gasteiger charge is 2.22. The van der Waals surface area contributed by atoms with Gasteiger partial charge < -0.3 is 5.73 Å². The monoisotopic (exact) mass is 159 g/mol. The van der Waals surface area contributed by atoms with Gasteiger partial charge >= 0.3 is 0 Å². The average molecular weight is 159 g/mol. The summed E-state index contributed by atoms with van der Waals surface area (Å²) in [7, 11) is 0. The fourth-order valence-electron chi connectivity index (χ4n) is 1.69. The van der Waals surface area contributed by atoms with E-state index in [1.807, 2.05) is 11.8 Å². The molecule has 0 aliphatic heterocycles. The maximum Gasteiger partial charge on any atom is 0.00674 e. The molecule has 1 aliphatic rings. The molecule has 1 nitrogen and oxygen atoms in total. The molecule has 2 N–H and O–H groups in total. The van der Waals surface area contributed by atoms with Gasteiger partial charge in [0.2, 0.25) is 0 Å².